The number of rotatable bonds is 5. The highest BCUT2D eigenvalue weighted by molar-refractivity contribution is 6.31. The van der Waals surface area contributed by atoms with Gasteiger partial charge in [-0.1, -0.05) is 41.9 Å². The monoisotopic (exact) mass is 382 g/mol. The average Bonchev–Trinajstić information content (AvgIpc) is 2.66. The Hall–Kier alpha value is -3.05. The summed E-state index contributed by atoms with van der Waals surface area (Å²) in [6, 6.07) is 16.2. The highest BCUT2D eigenvalue weighted by atomic mass is 35.5. The van der Waals surface area contributed by atoms with E-state index in [0.29, 0.717) is 16.3 Å². The van der Waals surface area contributed by atoms with Gasteiger partial charge in [0.2, 0.25) is 0 Å². The second-order valence-electron chi connectivity index (χ2n) is 6.12. The van der Waals surface area contributed by atoms with Gasteiger partial charge in [-0.25, -0.2) is 5.43 Å². The van der Waals surface area contributed by atoms with Crippen molar-refractivity contribution in [2.75, 3.05) is 0 Å². The first-order chi connectivity index (χ1) is 13.0. The molecular weight excluding hydrogens is 364 g/mol. The van der Waals surface area contributed by atoms with E-state index in [-0.39, 0.29) is 5.75 Å². The number of ether oxygens (including phenoxy) is 1. The second kappa shape index (κ2) is 8.10. The third kappa shape index (κ3) is 4.38. The minimum Gasteiger partial charge on any atom is -0.507 e. The Morgan fingerprint density at radius 3 is 2.78 bits per heavy atom. The van der Waals surface area contributed by atoms with Crippen molar-refractivity contribution in [1.29, 1.82) is 0 Å². The van der Waals surface area contributed by atoms with Crippen LogP contribution >= 0.6 is 11.6 Å². The normalized spacial score (nSPS) is 12.3. The Balaban J connectivity index is 1.68. The van der Waals surface area contributed by atoms with Crippen LogP contribution in [0.15, 0.2) is 59.7 Å². The number of phenols is 1. The van der Waals surface area contributed by atoms with Crippen LogP contribution in [0, 0.1) is 6.92 Å². The third-order valence-electron chi connectivity index (χ3n) is 4.13. The molecule has 0 aromatic heterocycles. The molecule has 0 heterocycles. The van der Waals surface area contributed by atoms with Crippen molar-refractivity contribution in [3.8, 4) is 11.5 Å². The van der Waals surface area contributed by atoms with E-state index < -0.39 is 12.0 Å². The van der Waals surface area contributed by atoms with Gasteiger partial charge >= 0.3 is 0 Å². The topological polar surface area (TPSA) is 70.9 Å². The minimum atomic E-state index is -0.746. The molecule has 0 bridgehead atoms. The minimum absolute atomic E-state index is 0.0904. The SMILES string of the molecule is Cc1cc(O[C@H](C)C(=O)N/N=C/c2c(O)ccc3ccccc23)ccc1Cl. The van der Waals surface area contributed by atoms with Crippen molar-refractivity contribution in [3.63, 3.8) is 0 Å². The van der Waals surface area contributed by atoms with Gasteiger partial charge in [-0.3, -0.25) is 4.79 Å². The molecule has 0 fully saturated rings. The summed E-state index contributed by atoms with van der Waals surface area (Å²) in [5.41, 5.74) is 3.84. The molecule has 3 aromatic rings. The molecule has 0 saturated carbocycles. The van der Waals surface area contributed by atoms with Gasteiger partial charge in [0, 0.05) is 10.6 Å². The van der Waals surface area contributed by atoms with E-state index >= 15 is 0 Å². The number of aromatic hydroxyl groups is 1. The number of aryl methyl sites for hydroxylation is 1. The summed E-state index contributed by atoms with van der Waals surface area (Å²) in [5.74, 6) is 0.237. The molecule has 6 heteroatoms. The fourth-order valence-electron chi connectivity index (χ4n) is 2.62. The smallest absolute Gasteiger partial charge is 0.280 e. The maximum atomic E-state index is 12.2. The van der Waals surface area contributed by atoms with Gasteiger partial charge in [0.05, 0.1) is 6.21 Å². The number of halogens is 1. The summed E-state index contributed by atoms with van der Waals surface area (Å²) in [6.45, 7) is 3.49. The summed E-state index contributed by atoms with van der Waals surface area (Å²) in [4.78, 5) is 12.2. The number of hydrogen-bond donors (Lipinski definition) is 2. The highest BCUT2D eigenvalue weighted by Gasteiger charge is 2.14. The zero-order valence-electron chi connectivity index (χ0n) is 14.9. The number of phenolic OH excluding ortho intramolecular Hbond substituents is 1. The van der Waals surface area contributed by atoms with E-state index in [4.69, 9.17) is 16.3 Å². The Labute approximate surface area is 162 Å². The van der Waals surface area contributed by atoms with Gasteiger partial charge in [0.15, 0.2) is 6.10 Å². The summed E-state index contributed by atoms with van der Waals surface area (Å²) < 4.78 is 5.61. The molecule has 0 aliphatic heterocycles. The van der Waals surface area contributed by atoms with E-state index in [1.165, 1.54) is 6.21 Å². The van der Waals surface area contributed by atoms with E-state index in [9.17, 15) is 9.90 Å². The van der Waals surface area contributed by atoms with Crippen LogP contribution in [0.1, 0.15) is 18.1 Å². The van der Waals surface area contributed by atoms with E-state index in [1.54, 1.807) is 31.2 Å². The Morgan fingerprint density at radius 2 is 2.00 bits per heavy atom. The fraction of sp³-hybridized carbons (Fsp3) is 0.143. The summed E-state index contributed by atoms with van der Waals surface area (Å²) in [6.07, 6.45) is 0.679. The third-order valence-corrected chi connectivity index (χ3v) is 4.55. The van der Waals surface area contributed by atoms with Gasteiger partial charge < -0.3 is 9.84 Å². The lowest BCUT2D eigenvalue weighted by Crippen LogP contribution is -2.33. The molecule has 0 spiro atoms. The van der Waals surface area contributed by atoms with Crippen LogP contribution in [0.3, 0.4) is 0 Å². The predicted molar refractivity (Wildman–Crippen MR) is 108 cm³/mol. The molecule has 0 aliphatic carbocycles. The number of amides is 1. The number of hydrazone groups is 1. The number of nitrogens with zero attached hydrogens (tertiary/aromatic N) is 1. The van der Waals surface area contributed by atoms with Crippen LogP contribution in [-0.2, 0) is 4.79 Å². The van der Waals surface area contributed by atoms with Gasteiger partial charge in [-0.15, -0.1) is 0 Å². The molecule has 27 heavy (non-hydrogen) atoms. The number of nitrogens with one attached hydrogen (secondary N) is 1. The first kappa shape index (κ1) is 18.7. The second-order valence-corrected chi connectivity index (χ2v) is 6.53. The molecule has 1 amide bonds. The van der Waals surface area contributed by atoms with Crippen LogP contribution < -0.4 is 10.2 Å². The maximum absolute atomic E-state index is 12.2. The summed E-state index contributed by atoms with van der Waals surface area (Å²) in [7, 11) is 0. The average molecular weight is 383 g/mol. The summed E-state index contributed by atoms with van der Waals surface area (Å²) >= 11 is 5.99. The number of fused-ring (bicyclic) bond motifs is 1. The number of carbonyl (C=O) groups is 1. The van der Waals surface area contributed by atoms with Gasteiger partial charge in [-0.05, 0) is 54.4 Å². The molecule has 0 radical (unpaired) electrons. The highest BCUT2D eigenvalue weighted by Crippen LogP contribution is 2.25. The van der Waals surface area contributed by atoms with Crippen LogP contribution in [-0.4, -0.2) is 23.3 Å². The van der Waals surface area contributed by atoms with Crippen molar-refractivity contribution in [3.05, 3.63) is 70.7 Å². The summed E-state index contributed by atoms with van der Waals surface area (Å²) in [5, 5.41) is 16.5. The molecule has 0 saturated heterocycles. The molecule has 5 nitrogen and oxygen atoms in total. The lowest BCUT2D eigenvalue weighted by atomic mass is 10.0. The molecule has 138 valence electrons. The van der Waals surface area contributed by atoms with Gasteiger partial charge in [-0.2, -0.15) is 5.10 Å². The molecular formula is C21H19ClN2O3. The lowest BCUT2D eigenvalue weighted by molar-refractivity contribution is -0.127. The van der Waals surface area contributed by atoms with E-state index in [1.807, 2.05) is 37.3 Å². The molecule has 2 N–H and O–H groups in total. The van der Waals surface area contributed by atoms with Crippen LogP contribution in [0.4, 0.5) is 0 Å². The lowest BCUT2D eigenvalue weighted by Gasteiger charge is -2.13. The van der Waals surface area contributed by atoms with Crippen LogP contribution in [0.2, 0.25) is 5.02 Å². The largest absolute Gasteiger partial charge is 0.507 e. The quantitative estimate of drug-likeness (QED) is 0.506. The van der Waals surface area contributed by atoms with Gasteiger partial charge in [0.1, 0.15) is 11.5 Å². The van der Waals surface area contributed by atoms with E-state index in [2.05, 4.69) is 10.5 Å². The first-order valence-corrected chi connectivity index (χ1v) is 8.80. The van der Waals surface area contributed by atoms with Crippen molar-refractivity contribution < 1.29 is 14.6 Å². The first-order valence-electron chi connectivity index (χ1n) is 8.42. The molecule has 3 aromatic carbocycles. The molecule has 3 rings (SSSR count). The Morgan fingerprint density at radius 1 is 1.22 bits per heavy atom. The number of benzene rings is 3. The van der Waals surface area contributed by atoms with Gasteiger partial charge in [0.25, 0.3) is 5.91 Å². The standard InChI is InChI=1S/C21H19ClN2O3/c1-13-11-16(8-9-19(13)22)27-14(2)21(26)24-23-12-18-17-6-4-3-5-15(17)7-10-20(18)25/h3-12,14,25H,1-2H3,(H,24,26)/b23-12+/t14-/m1/s1. The number of hydrogen-bond acceptors (Lipinski definition) is 4. The zero-order valence-corrected chi connectivity index (χ0v) is 15.7. The van der Waals surface area contributed by atoms with Crippen LogP contribution in [0.25, 0.3) is 10.8 Å². The van der Waals surface area contributed by atoms with Crippen molar-refractivity contribution in [1.82, 2.24) is 5.43 Å². The van der Waals surface area contributed by atoms with Crippen molar-refractivity contribution in [2.24, 2.45) is 5.10 Å². The Bertz CT molecular complexity index is 1020. The maximum Gasteiger partial charge on any atom is 0.280 e. The van der Waals surface area contributed by atoms with Crippen molar-refractivity contribution >= 4 is 34.5 Å². The van der Waals surface area contributed by atoms with Crippen molar-refractivity contribution in [2.45, 2.75) is 20.0 Å². The molecule has 0 aliphatic rings. The Kier molecular flexibility index (Phi) is 5.62. The van der Waals surface area contributed by atoms with Crippen LogP contribution in [0.5, 0.6) is 11.5 Å². The number of carbonyl (C=O) groups excluding carboxylic acids is 1. The molecule has 1 atom stereocenters. The predicted octanol–water partition coefficient (Wildman–Crippen LogP) is 4.42. The zero-order chi connectivity index (χ0) is 19.4. The van der Waals surface area contributed by atoms with E-state index in [0.717, 1.165) is 16.3 Å². The fourth-order valence-corrected chi connectivity index (χ4v) is 2.74. The molecule has 0 unspecified atom stereocenters.